The van der Waals surface area contributed by atoms with Crippen LogP contribution < -0.4 is 0 Å². The quantitative estimate of drug-likeness (QED) is 0.239. The minimum Gasteiger partial charge on any atom is -0.504 e. The van der Waals surface area contributed by atoms with Crippen molar-refractivity contribution >= 4 is 56.5 Å². The van der Waals surface area contributed by atoms with Crippen LogP contribution in [0.2, 0.25) is 20.1 Å². The van der Waals surface area contributed by atoms with Crippen molar-refractivity contribution < 1.29 is 23.2 Å². The van der Waals surface area contributed by atoms with Crippen LogP contribution in [0.3, 0.4) is 0 Å². The summed E-state index contributed by atoms with van der Waals surface area (Å²) in [5.41, 5.74) is -0.535. The van der Waals surface area contributed by atoms with E-state index in [-0.39, 0.29) is 26.2 Å². The first-order valence-corrected chi connectivity index (χ1v) is 10.8. The molecule has 0 saturated carbocycles. The highest BCUT2D eigenvalue weighted by atomic mass is 35.5. The summed E-state index contributed by atoms with van der Waals surface area (Å²) >= 11 is 24.3. The lowest BCUT2D eigenvalue weighted by atomic mass is 9.83. The second-order valence-corrected chi connectivity index (χ2v) is 9.30. The van der Waals surface area contributed by atoms with Gasteiger partial charge in [0, 0.05) is 10.6 Å². The van der Waals surface area contributed by atoms with Crippen LogP contribution >= 0.6 is 46.4 Å². The van der Waals surface area contributed by atoms with Gasteiger partial charge in [-0.05, 0) is 47.5 Å². The topological polar surface area (TPSA) is 94.8 Å². The SMILES string of the molecule is O=S(=O)(O)C(c1ccc(Cl)cc1)(c1ccc(Cl)c(Cl)c1)c1c(Cl)ccc(O)c1O. The van der Waals surface area contributed by atoms with Gasteiger partial charge in [0.25, 0.3) is 10.1 Å². The molecule has 0 bridgehead atoms. The molecule has 5 nitrogen and oxygen atoms in total. The molecule has 10 heteroatoms. The van der Waals surface area contributed by atoms with Crippen molar-refractivity contribution in [2.75, 3.05) is 0 Å². The molecule has 3 N–H and O–H groups in total. The molecule has 1 unspecified atom stereocenters. The first-order chi connectivity index (χ1) is 13.5. The molecule has 29 heavy (non-hydrogen) atoms. The maximum atomic E-state index is 12.9. The maximum absolute atomic E-state index is 12.9. The third kappa shape index (κ3) is 3.65. The van der Waals surface area contributed by atoms with E-state index in [1.54, 1.807) is 0 Å². The number of hydrogen-bond donors (Lipinski definition) is 3. The average Bonchev–Trinajstić information content (AvgIpc) is 2.64. The highest BCUT2D eigenvalue weighted by Gasteiger charge is 2.52. The van der Waals surface area contributed by atoms with Gasteiger partial charge in [-0.1, -0.05) is 64.6 Å². The molecule has 0 aliphatic rings. The van der Waals surface area contributed by atoms with Crippen molar-refractivity contribution in [1.82, 2.24) is 0 Å². The smallest absolute Gasteiger partial charge is 0.283 e. The minimum absolute atomic E-state index is 0.00178. The van der Waals surface area contributed by atoms with Crippen LogP contribution in [0.15, 0.2) is 54.6 Å². The Morgan fingerprint density at radius 3 is 1.83 bits per heavy atom. The summed E-state index contributed by atoms with van der Waals surface area (Å²) in [6, 6.07) is 11.7. The van der Waals surface area contributed by atoms with Gasteiger partial charge >= 0.3 is 0 Å². The number of halogens is 4. The average molecular weight is 494 g/mol. The molecule has 0 aliphatic carbocycles. The van der Waals surface area contributed by atoms with Crippen molar-refractivity contribution in [3.63, 3.8) is 0 Å². The van der Waals surface area contributed by atoms with Crippen LogP contribution in [0.5, 0.6) is 11.5 Å². The van der Waals surface area contributed by atoms with Gasteiger partial charge in [-0.2, -0.15) is 8.42 Å². The van der Waals surface area contributed by atoms with Crippen molar-refractivity contribution in [1.29, 1.82) is 0 Å². The van der Waals surface area contributed by atoms with Crippen LogP contribution in [0.1, 0.15) is 16.7 Å². The largest absolute Gasteiger partial charge is 0.504 e. The number of hydrogen-bond acceptors (Lipinski definition) is 4. The summed E-state index contributed by atoms with van der Waals surface area (Å²) < 4.78 is 33.9. The Balaban J connectivity index is 2.61. The van der Waals surface area contributed by atoms with E-state index in [1.807, 2.05) is 0 Å². The molecule has 3 rings (SSSR count). The fraction of sp³-hybridized carbons (Fsp3) is 0.0526. The van der Waals surface area contributed by atoms with Crippen molar-refractivity contribution in [2.24, 2.45) is 0 Å². The van der Waals surface area contributed by atoms with Crippen molar-refractivity contribution in [2.45, 2.75) is 4.75 Å². The third-order valence-electron chi connectivity index (χ3n) is 4.42. The van der Waals surface area contributed by atoms with Crippen LogP contribution in [0.4, 0.5) is 0 Å². The van der Waals surface area contributed by atoms with E-state index in [9.17, 15) is 23.2 Å². The van der Waals surface area contributed by atoms with Gasteiger partial charge in [-0.3, -0.25) is 4.55 Å². The molecule has 3 aromatic rings. The number of phenols is 2. The highest BCUT2D eigenvalue weighted by Crippen LogP contribution is 2.52. The van der Waals surface area contributed by atoms with Gasteiger partial charge in [0.05, 0.1) is 15.1 Å². The monoisotopic (exact) mass is 492 g/mol. The van der Waals surface area contributed by atoms with Crippen LogP contribution in [0, 0.1) is 0 Å². The van der Waals surface area contributed by atoms with Crippen molar-refractivity contribution in [3.05, 3.63) is 91.4 Å². The van der Waals surface area contributed by atoms with Crippen LogP contribution in [-0.4, -0.2) is 23.2 Å². The van der Waals surface area contributed by atoms with Gasteiger partial charge in [0.15, 0.2) is 16.2 Å². The Bertz CT molecular complexity index is 1200. The second kappa shape index (κ2) is 7.87. The standard InChI is InChI=1S/C19H12Cl4O5S/c20-12-4-1-10(2-5-12)19(29(26,27)28,11-3-6-13(21)15(23)9-11)17-14(22)7-8-16(24)18(17)25/h1-9,24-25H,(H,26,27,28). The molecule has 3 aromatic carbocycles. The molecule has 0 fully saturated rings. The zero-order chi connectivity index (χ0) is 21.6. The molecule has 0 aromatic heterocycles. The van der Waals surface area contributed by atoms with E-state index >= 15 is 0 Å². The number of rotatable bonds is 4. The van der Waals surface area contributed by atoms with E-state index in [1.165, 1.54) is 48.5 Å². The second-order valence-electron chi connectivity index (χ2n) is 6.08. The number of aromatic hydroxyl groups is 2. The van der Waals surface area contributed by atoms with Gasteiger partial charge in [0.1, 0.15) is 0 Å². The van der Waals surface area contributed by atoms with Crippen molar-refractivity contribution in [3.8, 4) is 11.5 Å². The molecule has 0 spiro atoms. The van der Waals surface area contributed by atoms with Gasteiger partial charge in [-0.15, -0.1) is 0 Å². The minimum atomic E-state index is -5.09. The Kier molecular flexibility index (Phi) is 5.98. The molecule has 0 aliphatic heterocycles. The fourth-order valence-corrected chi connectivity index (χ4v) is 5.27. The van der Waals surface area contributed by atoms with Crippen LogP contribution in [0.25, 0.3) is 0 Å². The van der Waals surface area contributed by atoms with Gasteiger partial charge in [0.2, 0.25) is 0 Å². The number of benzene rings is 3. The summed E-state index contributed by atoms with van der Waals surface area (Å²) in [7, 11) is -5.09. The predicted octanol–water partition coefficient (Wildman–Crippen LogP) is 5.89. The van der Waals surface area contributed by atoms with Gasteiger partial charge in [-0.25, -0.2) is 0 Å². The Morgan fingerprint density at radius 1 is 0.724 bits per heavy atom. The molecule has 1 atom stereocenters. The van der Waals surface area contributed by atoms with E-state index in [0.29, 0.717) is 5.02 Å². The zero-order valence-corrected chi connectivity index (χ0v) is 18.1. The summed E-state index contributed by atoms with van der Waals surface area (Å²) in [6.45, 7) is 0. The molecular weight excluding hydrogens is 482 g/mol. The lowest BCUT2D eigenvalue weighted by molar-refractivity contribution is 0.394. The van der Waals surface area contributed by atoms with Crippen LogP contribution in [-0.2, 0) is 14.9 Å². The third-order valence-corrected chi connectivity index (χ3v) is 7.18. The zero-order valence-electron chi connectivity index (χ0n) is 14.3. The van der Waals surface area contributed by atoms with E-state index < -0.39 is 31.9 Å². The van der Waals surface area contributed by atoms with Gasteiger partial charge < -0.3 is 10.2 Å². The molecule has 152 valence electrons. The number of phenolic OH excluding ortho intramolecular Hbond substituents is 2. The predicted molar refractivity (Wildman–Crippen MR) is 114 cm³/mol. The Hall–Kier alpha value is -1.67. The summed E-state index contributed by atoms with van der Waals surface area (Å²) in [5, 5.41) is 20.8. The maximum Gasteiger partial charge on any atom is 0.283 e. The molecule has 0 saturated heterocycles. The normalized spacial score (nSPS) is 13.8. The molecular formula is C19H12Cl4O5S. The lowest BCUT2D eigenvalue weighted by Gasteiger charge is -2.34. The van der Waals surface area contributed by atoms with E-state index in [4.69, 9.17) is 46.4 Å². The summed E-state index contributed by atoms with van der Waals surface area (Å²) in [4.78, 5) is 0. The first kappa shape index (κ1) is 22.0. The Morgan fingerprint density at radius 2 is 1.28 bits per heavy atom. The summed E-state index contributed by atoms with van der Waals surface area (Å²) in [5.74, 6) is -1.46. The summed E-state index contributed by atoms with van der Waals surface area (Å²) in [6.07, 6.45) is 0. The lowest BCUT2D eigenvalue weighted by Crippen LogP contribution is -2.38. The molecule has 0 amide bonds. The Labute approximate surface area is 186 Å². The highest BCUT2D eigenvalue weighted by molar-refractivity contribution is 7.87. The first-order valence-electron chi connectivity index (χ1n) is 7.89. The molecule has 0 heterocycles. The van der Waals surface area contributed by atoms with E-state index in [2.05, 4.69) is 0 Å². The fourth-order valence-electron chi connectivity index (χ4n) is 3.17. The molecule has 0 radical (unpaired) electrons. The van der Waals surface area contributed by atoms with E-state index in [0.717, 1.165) is 6.07 Å².